The van der Waals surface area contributed by atoms with E-state index in [9.17, 15) is 13.6 Å². The third kappa shape index (κ3) is 6.87. The standard InChI is InChI=1S/C27H30F2N2O4S/c1-27(2,3)35-26(32)30-24-22(15-23(36-24)18-7-8-18)31(16-17-5-11-20(33-4)12-6-17)19-9-13-21(14-10-19)34-25(28)29/h5-6,9-15,18,25H,7-8,16H2,1-4H3,(H,30,32). The fraction of sp³-hybridized carbons (Fsp3) is 0.370. The van der Waals surface area contributed by atoms with Gasteiger partial charge in [-0.05, 0) is 87.6 Å². The Balaban J connectivity index is 1.71. The normalized spacial score (nSPS) is 13.4. The number of benzene rings is 2. The molecule has 1 aliphatic rings. The van der Waals surface area contributed by atoms with Gasteiger partial charge in [-0.2, -0.15) is 8.78 Å². The first-order valence-electron chi connectivity index (χ1n) is 11.7. The minimum Gasteiger partial charge on any atom is -0.497 e. The topological polar surface area (TPSA) is 60.0 Å². The minimum absolute atomic E-state index is 0.0780. The van der Waals surface area contributed by atoms with Crippen molar-refractivity contribution in [1.29, 1.82) is 0 Å². The van der Waals surface area contributed by atoms with Gasteiger partial charge >= 0.3 is 12.7 Å². The summed E-state index contributed by atoms with van der Waals surface area (Å²) in [7, 11) is 1.61. The highest BCUT2D eigenvalue weighted by atomic mass is 32.1. The van der Waals surface area contributed by atoms with Crippen LogP contribution in [0.4, 0.5) is 30.0 Å². The van der Waals surface area contributed by atoms with Crippen molar-refractivity contribution in [3.63, 3.8) is 0 Å². The minimum atomic E-state index is -2.89. The van der Waals surface area contributed by atoms with E-state index in [1.54, 1.807) is 19.2 Å². The summed E-state index contributed by atoms with van der Waals surface area (Å²) < 4.78 is 40.7. The first kappa shape index (κ1) is 25.8. The van der Waals surface area contributed by atoms with Gasteiger partial charge in [0.25, 0.3) is 0 Å². The van der Waals surface area contributed by atoms with Crippen LogP contribution in [0.25, 0.3) is 0 Å². The second-order valence-electron chi connectivity index (χ2n) is 9.57. The lowest BCUT2D eigenvalue weighted by Gasteiger charge is -2.26. The second kappa shape index (κ2) is 10.7. The molecule has 0 unspecified atom stereocenters. The van der Waals surface area contributed by atoms with Gasteiger partial charge in [-0.15, -0.1) is 11.3 Å². The maximum Gasteiger partial charge on any atom is 0.412 e. The number of halogens is 2. The lowest BCUT2D eigenvalue weighted by Crippen LogP contribution is -2.27. The number of anilines is 3. The number of ether oxygens (including phenoxy) is 3. The van der Waals surface area contributed by atoms with Crippen molar-refractivity contribution >= 4 is 33.8 Å². The van der Waals surface area contributed by atoms with Gasteiger partial charge in [0.2, 0.25) is 0 Å². The largest absolute Gasteiger partial charge is 0.497 e. The summed E-state index contributed by atoms with van der Waals surface area (Å²) >= 11 is 1.54. The summed E-state index contributed by atoms with van der Waals surface area (Å²) in [5, 5.41) is 3.61. The average molecular weight is 517 g/mol. The van der Waals surface area contributed by atoms with Crippen LogP contribution >= 0.6 is 11.3 Å². The molecule has 4 rings (SSSR count). The summed E-state index contributed by atoms with van der Waals surface area (Å²) in [5.74, 6) is 1.31. The quantitative estimate of drug-likeness (QED) is 0.313. The molecule has 3 aromatic rings. The smallest absolute Gasteiger partial charge is 0.412 e. The predicted octanol–water partition coefficient (Wildman–Crippen LogP) is 7.92. The number of rotatable bonds is 9. The maximum atomic E-state index is 12.7. The molecule has 0 bridgehead atoms. The van der Waals surface area contributed by atoms with Gasteiger partial charge < -0.3 is 19.1 Å². The molecule has 1 aliphatic carbocycles. The molecule has 1 N–H and O–H groups in total. The lowest BCUT2D eigenvalue weighted by molar-refractivity contribution is -0.0498. The number of carbonyl (C=O) groups is 1. The van der Waals surface area contributed by atoms with Gasteiger partial charge in [0, 0.05) is 17.1 Å². The summed E-state index contributed by atoms with van der Waals surface area (Å²) in [5.41, 5.74) is 1.95. The van der Waals surface area contributed by atoms with Crippen molar-refractivity contribution < 1.29 is 27.8 Å². The fourth-order valence-corrected chi connectivity index (χ4v) is 4.91. The molecule has 1 fully saturated rings. The Hall–Kier alpha value is -3.33. The van der Waals surface area contributed by atoms with Gasteiger partial charge in [-0.1, -0.05) is 12.1 Å². The monoisotopic (exact) mass is 516 g/mol. The van der Waals surface area contributed by atoms with E-state index in [2.05, 4.69) is 16.1 Å². The Bertz CT molecular complexity index is 1170. The number of thiophene rings is 1. The molecule has 6 nitrogen and oxygen atoms in total. The molecule has 1 saturated carbocycles. The van der Waals surface area contributed by atoms with Crippen molar-refractivity contribution in [3.8, 4) is 11.5 Å². The molecule has 0 radical (unpaired) electrons. The van der Waals surface area contributed by atoms with Crippen LogP contribution in [0.3, 0.4) is 0 Å². The number of alkyl halides is 2. The molecule has 0 spiro atoms. The van der Waals surface area contributed by atoms with E-state index >= 15 is 0 Å². The van der Waals surface area contributed by atoms with E-state index in [0.717, 1.165) is 35.5 Å². The van der Waals surface area contributed by atoms with Crippen molar-refractivity contribution in [2.24, 2.45) is 0 Å². The number of hydrogen-bond donors (Lipinski definition) is 1. The van der Waals surface area contributed by atoms with E-state index in [1.807, 2.05) is 49.9 Å². The second-order valence-corrected chi connectivity index (χ2v) is 10.7. The Labute approximate surface area is 213 Å². The SMILES string of the molecule is COc1ccc(CN(c2ccc(OC(F)F)cc2)c2cc(C3CC3)sc2NC(=O)OC(C)(C)C)cc1. The van der Waals surface area contributed by atoms with E-state index in [-0.39, 0.29) is 5.75 Å². The molecule has 2 aromatic carbocycles. The van der Waals surface area contributed by atoms with Crippen LogP contribution in [-0.2, 0) is 11.3 Å². The van der Waals surface area contributed by atoms with Crippen LogP contribution in [-0.4, -0.2) is 25.4 Å². The molecule has 0 atom stereocenters. The first-order chi connectivity index (χ1) is 17.1. The molecule has 0 aliphatic heterocycles. The highest BCUT2D eigenvalue weighted by Gasteiger charge is 2.29. The number of amides is 1. The van der Waals surface area contributed by atoms with Crippen LogP contribution in [0.2, 0.25) is 0 Å². The fourth-order valence-electron chi connectivity index (χ4n) is 3.69. The maximum absolute atomic E-state index is 12.7. The Morgan fingerprint density at radius 2 is 1.72 bits per heavy atom. The van der Waals surface area contributed by atoms with E-state index in [0.29, 0.717) is 17.5 Å². The molecule has 1 heterocycles. The zero-order valence-electron chi connectivity index (χ0n) is 20.7. The first-order valence-corrected chi connectivity index (χ1v) is 12.5. The van der Waals surface area contributed by atoms with Crippen LogP contribution in [0.5, 0.6) is 11.5 Å². The average Bonchev–Trinajstić information content (AvgIpc) is 3.58. The zero-order valence-corrected chi connectivity index (χ0v) is 21.5. The Kier molecular flexibility index (Phi) is 7.68. The predicted molar refractivity (Wildman–Crippen MR) is 138 cm³/mol. The van der Waals surface area contributed by atoms with Gasteiger partial charge in [0.1, 0.15) is 22.1 Å². The van der Waals surface area contributed by atoms with Crippen LogP contribution in [0, 0.1) is 0 Å². The van der Waals surface area contributed by atoms with E-state index in [1.165, 1.54) is 28.3 Å². The van der Waals surface area contributed by atoms with Gasteiger partial charge in [-0.3, -0.25) is 5.32 Å². The van der Waals surface area contributed by atoms with Gasteiger partial charge in [0.05, 0.1) is 12.8 Å². The molecule has 0 saturated heterocycles. The Morgan fingerprint density at radius 1 is 1.08 bits per heavy atom. The van der Waals surface area contributed by atoms with Gasteiger partial charge in [0.15, 0.2) is 0 Å². The highest BCUT2D eigenvalue weighted by molar-refractivity contribution is 7.17. The van der Waals surface area contributed by atoms with Crippen molar-refractivity contribution in [1.82, 2.24) is 0 Å². The summed E-state index contributed by atoms with van der Waals surface area (Å²) in [6.07, 6.45) is 1.70. The molecule has 192 valence electrons. The number of hydrogen-bond acceptors (Lipinski definition) is 6. The number of nitrogens with one attached hydrogen (secondary N) is 1. The van der Waals surface area contributed by atoms with Crippen LogP contribution < -0.4 is 19.7 Å². The Morgan fingerprint density at radius 3 is 2.28 bits per heavy atom. The molecule has 9 heteroatoms. The van der Waals surface area contributed by atoms with Crippen molar-refractivity contribution in [3.05, 3.63) is 65.0 Å². The third-order valence-electron chi connectivity index (χ3n) is 5.49. The summed E-state index contributed by atoms with van der Waals surface area (Å²) in [4.78, 5) is 15.9. The van der Waals surface area contributed by atoms with Crippen molar-refractivity contribution in [2.75, 3.05) is 17.3 Å². The van der Waals surface area contributed by atoms with E-state index < -0.39 is 18.3 Å². The van der Waals surface area contributed by atoms with E-state index in [4.69, 9.17) is 9.47 Å². The number of nitrogens with zero attached hydrogens (tertiary/aromatic N) is 1. The lowest BCUT2D eigenvalue weighted by atomic mass is 10.1. The summed E-state index contributed by atoms with van der Waals surface area (Å²) in [6.45, 7) is 3.03. The summed E-state index contributed by atoms with van der Waals surface area (Å²) in [6, 6.07) is 16.3. The zero-order chi connectivity index (χ0) is 25.9. The van der Waals surface area contributed by atoms with Crippen LogP contribution in [0.1, 0.15) is 50.0 Å². The molecule has 1 aromatic heterocycles. The van der Waals surface area contributed by atoms with Crippen LogP contribution in [0.15, 0.2) is 54.6 Å². The third-order valence-corrected chi connectivity index (χ3v) is 6.69. The number of carbonyl (C=O) groups excluding carboxylic acids is 1. The molecular formula is C27H30F2N2O4S. The highest BCUT2D eigenvalue weighted by Crippen LogP contribution is 2.50. The van der Waals surface area contributed by atoms with Gasteiger partial charge in [-0.25, -0.2) is 4.79 Å². The number of methoxy groups -OCH3 is 1. The van der Waals surface area contributed by atoms with Crippen molar-refractivity contribution in [2.45, 2.75) is 58.3 Å². The molecule has 36 heavy (non-hydrogen) atoms. The molecular weight excluding hydrogens is 486 g/mol. The molecule has 1 amide bonds.